The molecule has 0 spiro atoms. The molecule has 0 radical (unpaired) electrons. The van der Waals surface area contributed by atoms with E-state index in [1.54, 1.807) is 42.5 Å². The number of ether oxygens (including phenoxy) is 1. The highest BCUT2D eigenvalue weighted by Crippen LogP contribution is 2.28. The summed E-state index contributed by atoms with van der Waals surface area (Å²) in [5, 5.41) is 2.97. The second kappa shape index (κ2) is 9.49. The van der Waals surface area contributed by atoms with Gasteiger partial charge in [0.05, 0.1) is 10.5 Å². The van der Waals surface area contributed by atoms with Crippen molar-refractivity contribution in [3.8, 4) is 5.75 Å². The van der Waals surface area contributed by atoms with Crippen LogP contribution < -0.4 is 10.1 Å². The number of benzene rings is 3. The first-order valence-corrected chi connectivity index (χ1v) is 14.3. The van der Waals surface area contributed by atoms with Crippen molar-refractivity contribution in [2.75, 3.05) is 18.4 Å². The van der Waals surface area contributed by atoms with Gasteiger partial charge in [-0.05, 0) is 61.4 Å². The molecule has 1 fully saturated rings. The first kappa shape index (κ1) is 24.2. The van der Waals surface area contributed by atoms with Crippen molar-refractivity contribution in [2.45, 2.75) is 29.1 Å². The maximum atomic E-state index is 12.8. The van der Waals surface area contributed by atoms with Gasteiger partial charge < -0.3 is 10.1 Å². The van der Waals surface area contributed by atoms with Crippen LogP contribution in [0.2, 0.25) is 0 Å². The molecule has 0 atom stereocenters. The quantitative estimate of drug-likeness (QED) is 0.399. The van der Waals surface area contributed by atoms with Crippen molar-refractivity contribution in [3.05, 3.63) is 83.9 Å². The molecule has 5 rings (SSSR count). The SMILES string of the molecule is O=C(Oc1cccc(NC2=NS(=O)(=O)c3ccccc32)c1)c1ccc(S(=O)(=O)N2CCCCC2)cc1. The highest BCUT2D eigenvalue weighted by molar-refractivity contribution is 7.90. The standard InChI is InChI=1S/C25H23N3O6S2/c29-25(18-11-13-21(14-12-18)36(32,33)28-15-4-1-5-16-28)34-20-8-6-7-19(17-20)26-24-22-9-2-3-10-23(22)35(30,31)27-24/h2-3,6-14,17H,1,4-5,15-16H2,(H,26,27). The molecule has 36 heavy (non-hydrogen) atoms. The molecule has 2 aliphatic heterocycles. The summed E-state index contributed by atoms with van der Waals surface area (Å²) < 4.78 is 60.9. The number of amidine groups is 1. The molecule has 1 N–H and O–H groups in total. The molecule has 3 aromatic rings. The zero-order valence-corrected chi connectivity index (χ0v) is 20.8. The van der Waals surface area contributed by atoms with Crippen LogP contribution in [0.1, 0.15) is 35.2 Å². The van der Waals surface area contributed by atoms with E-state index in [0.717, 1.165) is 19.3 Å². The van der Waals surface area contributed by atoms with Crippen molar-refractivity contribution < 1.29 is 26.4 Å². The third kappa shape index (κ3) is 4.77. The fourth-order valence-corrected chi connectivity index (χ4v) is 6.85. The monoisotopic (exact) mass is 525 g/mol. The molecule has 2 heterocycles. The van der Waals surface area contributed by atoms with Crippen molar-refractivity contribution in [3.63, 3.8) is 0 Å². The van der Waals surface area contributed by atoms with Crippen LogP contribution in [0, 0.1) is 0 Å². The number of nitrogens with zero attached hydrogens (tertiary/aromatic N) is 2. The van der Waals surface area contributed by atoms with Crippen LogP contribution in [-0.4, -0.2) is 46.0 Å². The Morgan fingerprint density at radius 3 is 2.39 bits per heavy atom. The number of piperidine rings is 1. The van der Waals surface area contributed by atoms with Gasteiger partial charge in [0.25, 0.3) is 10.0 Å². The summed E-state index contributed by atoms with van der Waals surface area (Å²) in [6, 6.07) is 18.6. The molecule has 11 heteroatoms. The van der Waals surface area contributed by atoms with Gasteiger partial charge in [-0.1, -0.05) is 24.6 Å². The Kier molecular flexibility index (Phi) is 6.37. The van der Waals surface area contributed by atoms with Gasteiger partial charge >= 0.3 is 5.97 Å². The van der Waals surface area contributed by atoms with E-state index in [2.05, 4.69) is 9.71 Å². The second-order valence-corrected chi connectivity index (χ2v) is 12.0. The Morgan fingerprint density at radius 1 is 0.917 bits per heavy atom. The minimum absolute atomic E-state index is 0.126. The third-order valence-electron chi connectivity index (χ3n) is 5.98. The van der Waals surface area contributed by atoms with Gasteiger partial charge in [0.15, 0.2) is 5.84 Å². The summed E-state index contributed by atoms with van der Waals surface area (Å²) in [5.74, 6) is -0.246. The van der Waals surface area contributed by atoms with E-state index in [9.17, 15) is 21.6 Å². The van der Waals surface area contributed by atoms with Gasteiger partial charge in [0, 0.05) is 30.4 Å². The fraction of sp³-hybridized carbons (Fsp3) is 0.200. The summed E-state index contributed by atoms with van der Waals surface area (Å²) in [4.78, 5) is 12.9. The van der Waals surface area contributed by atoms with Gasteiger partial charge in [0.1, 0.15) is 10.6 Å². The Labute approximate surface area is 209 Å². The molecule has 0 aromatic heterocycles. The van der Waals surface area contributed by atoms with Crippen LogP contribution in [-0.2, 0) is 20.0 Å². The molecular weight excluding hydrogens is 502 g/mol. The number of fused-ring (bicyclic) bond motifs is 1. The number of hydrogen-bond acceptors (Lipinski definition) is 7. The molecule has 0 bridgehead atoms. The first-order chi connectivity index (χ1) is 17.2. The maximum absolute atomic E-state index is 12.8. The fourth-order valence-electron chi connectivity index (χ4n) is 4.15. The predicted molar refractivity (Wildman–Crippen MR) is 134 cm³/mol. The smallest absolute Gasteiger partial charge is 0.343 e. The molecule has 186 valence electrons. The van der Waals surface area contributed by atoms with Crippen LogP contribution in [0.25, 0.3) is 0 Å². The molecular formula is C25H23N3O6S2. The number of carbonyl (C=O) groups excluding carboxylic acids is 1. The number of anilines is 1. The van der Waals surface area contributed by atoms with Crippen molar-refractivity contribution in [2.24, 2.45) is 4.40 Å². The second-order valence-electron chi connectivity index (χ2n) is 8.44. The molecule has 0 unspecified atom stereocenters. The van der Waals surface area contributed by atoms with E-state index >= 15 is 0 Å². The van der Waals surface area contributed by atoms with E-state index in [0.29, 0.717) is 24.3 Å². The summed E-state index contributed by atoms with van der Waals surface area (Å²) in [5.41, 5.74) is 1.14. The van der Waals surface area contributed by atoms with Crippen LogP contribution in [0.15, 0.2) is 87.0 Å². The summed E-state index contributed by atoms with van der Waals surface area (Å²) in [6.45, 7) is 1.00. The zero-order chi connectivity index (χ0) is 25.3. The molecule has 9 nitrogen and oxygen atoms in total. The van der Waals surface area contributed by atoms with Crippen LogP contribution in [0.4, 0.5) is 5.69 Å². The van der Waals surface area contributed by atoms with Crippen LogP contribution in [0.5, 0.6) is 5.75 Å². The van der Waals surface area contributed by atoms with E-state index < -0.39 is 26.0 Å². The van der Waals surface area contributed by atoms with Gasteiger partial charge in [-0.2, -0.15) is 12.7 Å². The lowest BCUT2D eigenvalue weighted by Crippen LogP contribution is -2.35. The van der Waals surface area contributed by atoms with Gasteiger partial charge in [-0.25, -0.2) is 13.2 Å². The largest absolute Gasteiger partial charge is 0.423 e. The Morgan fingerprint density at radius 2 is 1.64 bits per heavy atom. The Balaban J connectivity index is 1.29. The number of esters is 1. The van der Waals surface area contributed by atoms with Crippen LogP contribution >= 0.6 is 0 Å². The van der Waals surface area contributed by atoms with E-state index in [4.69, 9.17) is 4.74 Å². The van der Waals surface area contributed by atoms with Gasteiger partial charge in [-0.3, -0.25) is 0 Å². The molecule has 0 aliphatic carbocycles. The van der Waals surface area contributed by atoms with E-state index in [-0.39, 0.29) is 26.9 Å². The van der Waals surface area contributed by atoms with Crippen LogP contribution in [0.3, 0.4) is 0 Å². The predicted octanol–water partition coefficient (Wildman–Crippen LogP) is 3.64. The molecule has 2 aliphatic rings. The number of rotatable bonds is 5. The molecule has 3 aromatic carbocycles. The average molecular weight is 526 g/mol. The average Bonchev–Trinajstić information content (AvgIpc) is 3.14. The summed E-state index contributed by atoms with van der Waals surface area (Å²) >= 11 is 0. The van der Waals surface area contributed by atoms with Crippen molar-refractivity contribution >= 4 is 37.5 Å². The Hall–Kier alpha value is -3.54. The lowest BCUT2D eigenvalue weighted by molar-refractivity contribution is 0.0734. The van der Waals surface area contributed by atoms with Gasteiger partial charge in [0.2, 0.25) is 10.0 Å². The molecule has 0 saturated carbocycles. The van der Waals surface area contributed by atoms with Gasteiger partial charge in [-0.15, -0.1) is 4.40 Å². The zero-order valence-electron chi connectivity index (χ0n) is 19.1. The summed E-state index contributed by atoms with van der Waals surface area (Å²) in [7, 11) is -7.36. The lowest BCUT2D eigenvalue weighted by atomic mass is 10.2. The first-order valence-electron chi connectivity index (χ1n) is 11.4. The minimum atomic E-state index is -3.77. The Bertz CT molecular complexity index is 1560. The van der Waals surface area contributed by atoms with Crippen molar-refractivity contribution in [1.29, 1.82) is 0 Å². The number of nitrogens with one attached hydrogen (secondary N) is 1. The summed E-state index contributed by atoms with van der Waals surface area (Å²) in [6.07, 6.45) is 2.70. The number of sulfonamides is 2. The normalized spacial score (nSPS) is 17.2. The maximum Gasteiger partial charge on any atom is 0.343 e. The minimum Gasteiger partial charge on any atom is -0.423 e. The highest BCUT2D eigenvalue weighted by atomic mass is 32.2. The highest BCUT2D eigenvalue weighted by Gasteiger charge is 2.29. The lowest BCUT2D eigenvalue weighted by Gasteiger charge is -2.25. The molecule has 1 saturated heterocycles. The van der Waals surface area contributed by atoms with E-state index in [1.807, 2.05) is 0 Å². The molecule has 0 amide bonds. The third-order valence-corrected chi connectivity index (χ3v) is 9.23. The topological polar surface area (TPSA) is 122 Å². The van der Waals surface area contributed by atoms with Crippen molar-refractivity contribution in [1.82, 2.24) is 4.31 Å². The number of carbonyl (C=O) groups is 1. The van der Waals surface area contributed by atoms with E-state index in [1.165, 1.54) is 34.6 Å². The number of hydrogen-bond donors (Lipinski definition) is 1.